The molecular weight excluding hydrogens is 172 g/mol. The van der Waals surface area contributed by atoms with Crippen molar-refractivity contribution in [2.45, 2.75) is 19.4 Å². The number of allylic oxidation sites excluding steroid dienone is 2. The van der Waals surface area contributed by atoms with E-state index < -0.39 is 0 Å². The Kier molecular flexibility index (Phi) is 2.12. The van der Waals surface area contributed by atoms with E-state index in [1.54, 1.807) is 0 Å². The van der Waals surface area contributed by atoms with E-state index in [0.717, 1.165) is 5.69 Å². The molecule has 0 saturated carbocycles. The average molecular weight is 186 g/mol. The molecule has 1 aromatic rings. The molecule has 1 aliphatic heterocycles. The largest absolute Gasteiger partial charge is 0.382 e. The zero-order valence-electron chi connectivity index (χ0n) is 8.49. The molecule has 0 fully saturated rings. The first-order valence-corrected chi connectivity index (χ1v) is 4.76. The van der Waals surface area contributed by atoms with Crippen LogP contribution in [0.1, 0.15) is 19.5 Å². The lowest BCUT2D eigenvalue weighted by atomic mass is 9.89. The molecule has 2 rings (SSSR count). The van der Waals surface area contributed by atoms with Gasteiger partial charge in [-0.1, -0.05) is 12.1 Å². The van der Waals surface area contributed by atoms with Crippen LogP contribution in [-0.2, 0) is 0 Å². The molecule has 0 amide bonds. The van der Waals surface area contributed by atoms with Crippen LogP contribution in [0, 0.1) is 0 Å². The summed E-state index contributed by atoms with van der Waals surface area (Å²) in [5.41, 5.74) is 2.22. The van der Waals surface area contributed by atoms with Crippen molar-refractivity contribution >= 4 is 5.57 Å². The van der Waals surface area contributed by atoms with E-state index >= 15 is 0 Å². The van der Waals surface area contributed by atoms with E-state index in [0.29, 0.717) is 0 Å². The first kappa shape index (κ1) is 9.00. The van der Waals surface area contributed by atoms with Crippen LogP contribution in [0.4, 0.5) is 0 Å². The zero-order valence-corrected chi connectivity index (χ0v) is 8.49. The molecular formula is C12H14N2. The van der Waals surface area contributed by atoms with Crippen LogP contribution in [-0.4, -0.2) is 10.5 Å². The van der Waals surface area contributed by atoms with Gasteiger partial charge in [-0.15, -0.1) is 0 Å². The molecule has 0 unspecified atom stereocenters. The fraction of sp³-hybridized carbons (Fsp3) is 0.250. The van der Waals surface area contributed by atoms with Crippen molar-refractivity contribution < 1.29 is 0 Å². The third-order valence-corrected chi connectivity index (χ3v) is 2.42. The maximum absolute atomic E-state index is 4.36. The van der Waals surface area contributed by atoms with Crippen molar-refractivity contribution in [1.29, 1.82) is 0 Å². The van der Waals surface area contributed by atoms with Crippen LogP contribution in [0.25, 0.3) is 5.57 Å². The number of rotatable bonds is 1. The highest BCUT2D eigenvalue weighted by molar-refractivity contribution is 5.72. The normalized spacial score (nSPS) is 18.6. The van der Waals surface area contributed by atoms with Gasteiger partial charge < -0.3 is 5.32 Å². The Hall–Kier alpha value is -1.57. The van der Waals surface area contributed by atoms with Crippen LogP contribution in [0.2, 0.25) is 0 Å². The SMILES string of the molecule is CC1(C)NC=CC=C1c1ccccn1. The predicted octanol–water partition coefficient (Wildman–Crippen LogP) is 2.36. The number of pyridine rings is 1. The summed E-state index contributed by atoms with van der Waals surface area (Å²) in [5, 5.41) is 3.32. The number of aromatic nitrogens is 1. The molecule has 0 spiro atoms. The van der Waals surface area contributed by atoms with E-state index in [1.807, 2.05) is 36.7 Å². The molecule has 0 radical (unpaired) electrons. The third-order valence-electron chi connectivity index (χ3n) is 2.42. The van der Waals surface area contributed by atoms with E-state index in [2.05, 4.69) is 30.2 Å². The molecule has 0 aliphatic carbocycles. The number of hydrogen-bond acceptors (Lipinski definition) is 2. The van der Waals surface area contributed by atoms with Gasteiger partial charge in [0.05, 0.1) is 11.2 Å². The van der Waals surface area contributed by atoms with Crippen molar-refractivity contribution in [3.05, 3.63) is 48.4 Å². The molecule has 1 N–H and O–H groups in total. The average Bonchev–Trinajstić information content (AvgIpc) is 2.18. The van der Waals surface area contributed by atoms with Gasteiger partial charge in [0, 0.05) is 11.8 Å². The van der Waals surface area contributed by atoms with Gasteiger partial charge in [-0.2, -0.15) is 0 Å². The maximum Gasteiger partial charge on any atom is 0.0684 e. The first-order chi connectivity index (χ1) is 6.70. The molecule has 0 bridgehead atoms. The van der Waals surface area contributed by atoms with Gasteiger partial charge in [0.15, 0.2) is 0 Å². The second-order valence-corrected chi connectivity index (χ2v) is 3.92. The van der Waals surface area contributed by atoms with Gasteiger partial charge in [0.1, 0.15) is 0 Å². The molecule has 0 saturated heterocycles. The number of hydrogen-bond donors (Lipinski definition) is 1. The Morgan fingerprint density at radius 1 is 1.29 bits per heavy atom. The Balaban J connectivity index is 2.43. The van der Waals surface area contributed by atoms with Crippen LogP contribution in [0.3, 0.4) is 0 Å². The summed E-state index contributed by atoms with van der Waals surface area (Å²) in [7, 11) is 0. The van der Waals surface area contributed by atoms with Gasteiger partial charge in [-0.3, -0.25) is 4.98 Å². The molecule has 1 aromatic heterocycles. The van der Waals surface area contributed by atoms with E-state index in [9.17, 15) is 0 Å². The molecule has 2 nitrogen and oxygen atoms in total. The fourth-order valence-corrected chi connectivity index (χ4v) is 1.61. The molecule has 0 atom stereocenters. The highest BCUT2D eigenvalue weighted by Crippen LogP contribution is 2.27. The van der Waals surface area contributed by atoms with Crippen molar-refractivity contribution in [3.63, 3.8) is 0 Å². The van der Waals surface area contributed by atoms with Gasteiger partial charge in [0.2, 0.25) is 0 Å². The summed E-state index contributed by atoms with van der Waals surface area (Å²) >= 11 is 0. The second kappa shape index (κ2) is 3.29. The molecule has 2 heteroatoms. The van der Waals surface area contributed by atoms with Crippen molar-refractivity contribution in [2.75, 3.05) is 0 Å². The van der Waals surface area contributed by atoms with Gasteiger partial charge in [0.25, 0.3) is 0 Å². The van der Waals surface area contributed by atoms with Gasteiger partial charge in [-0.25, -0.2) is 0 Å². The first-order valence-electron chi connectivity index (χ1n) is 4.76. The Morgan fingerprint density at radius 3 is 2.79 bits per heavy atom. The lowest BCUT2D eigenvalue weighted by molar-refractivity contribution is 0.564. The standard InChI is InChI=1S/C12H14N2/c1-12(2)10(6-5-9-14-12)11-7-3-4-8-13-11/h3-9,14H,1-2H3. The highest BCUT2D eigenvalue weighted by Gasteiger charge is 2.24. The van der Waals surface area contributed by atoms with Gasteiger partial charge in [-0.05, 0) is 38.3 Å². The topological polar surface area (TPSA) is 24.9 Å². The summed E-state index contributed by atoms with van der Waals surface area (Å²) in [6.07, 6.45) is 7.91. The number of nitrogens with one attached hydrogen (secondary N) is 1. The summed E-state index contributed by atoms with van der Waals surface area (Å²) < 4.78 is 0. The monoisotopic (exact) mass is 186 g/mol. The molecule has 1 aliphatic rings. The third kappa shape index (κ3) is 1.55. The summed E-state index contributed by atoms with van der Waals surface area (Å²) in [5.74, 6) is 0. The van der Waals surface area contributed by atoms with Crippen LogP contribution >= 0.6 is 0 Å². The zero-order chi connectivity index (χ0) is 10.0. The van der Waals surface area contributed by atoms with E-state index in [4.69, 9.17) is 0 Å². The summed E-state index contributed by atoms with van der Waals surface area (Å²) in [6.45, 7) is 4.30. The Bertz CT molecular complexity index is 375. The highest BCUT2D eigenvalue weighted by atomic mass is 14.9. The van der Waals surface area contributed by atoms with Gasteiger partial charge >= 0.3 is 0 Å². The lowest BCUT2D eigenvalue weighted by Gasteiger charge is -2.30. The summed E-state index contributed by atoms with van der Waals surface area (Å²) in [6, 6.07) is 5.98. The molecule has 0 aromatic carbocycles. The minimum absolute atomic E-state index is 0.0386. The maximum atomic E-state index is 4.36. The molecule has 14 heavy (non-hydrogen) atoms. The fourth-order valence-electron chi connectivity index (χ4n) is 1.61. The second-order valence-electron chi connectivity index (χ2n) is 3.92. The van der Waals surface area contributed by atoms with Crippen molar-refractivity contribution in [2.24, 2.45) is 0 Å². The molecule has 2 heterocycles. The number of dihydropyridines is 1. The van der Waals surface area contributed by atoms with Crippen LogP contribution < -0.4 is 5.32 Å². The van der Waals surface area contributed by atoms with Crippen molar-refractivity contribution in [3.8, 4) is 0 Å². The quantitative estimate of drug-likeness (QED) is 0.728. The predicted molar refractivity (Wildman–Crippen MR) is 58.6 cm³/mol. The lowest BCUT2D eigenvalue weighted by Crippen LogP contribution is -2.38. The minimum Gasteiger partial charge on any atom is -0.382 e. The van der Waals surface area contributed by atoms with Crippen molar-refractivity contribution in [1.82, 2.24) is 10.3 Å². The van der Waals surface area contributed by atoms with E-state index in [1.165, 1.54) is 5.57 Å². The van der Waals surface area contributed by atoms with Crippen LogP contribution in [0.15, 0.2) is 42.7 Å². The van der Waals surface area contributed by atoms with E-state index in [-0.39, 0.29) is 5.54 Å². The summed E-state index contributed by atoms with van der Waals surface area (Å²) in [4.78, 5) is 4.36. The van der Waals surface area contributed by atoms with Crippen LogP contribution in [0.5, 0.6) is 0 Å². The number of nitrogens with zero attached hydrogens (tertiary/aromatic N) is 1. The Labute approximate surface area is 84.4 Å². The smallest absolute Gasteiger partial charge is 0.0684 e. The molecule has 72 valence electrons. The Morgan fingerprint density at radius 2 is 2.14 bits per heavy atom. The minimum atomic E-state index is -0.0386.